The van der Waals surface area contributed by atoms with Crippen LogP contribution in [0.25, 0.3) is 22.3 Å². The number of rotatable bonds is 4. The third-order valence-electron chi connectivity index (χ3n) is 5.80. The van der Waals surface area contributed by atoms with Crippen LogP contribution < -0.4 is 9.80 Å². The van der Waals surface area contributed by atoms with Crippen LogP contribution in [0.4, 0.5) is 5.82 Å². The van der Waals surface area contributed by atoms with Crippen molar-refractivity contribution in [2.45, 2.75) is 6.54 Å². The Hall–Kier alpha value is -3.44. The van der Waals surface area contributed by atoms with E-state index in [1.54, 1.807) is 11.0 Å². The molecule has 150 valence electrons. The Labute approximate surface area is 176 Å². The molecule has 30 heavy (non-hydrogen) atoms. The predicted molar refractivity (Wildman–Crippen MR) is 120 cm³/mol. The van der Waals surface area contributed by atoms with Crippen molar-refractivity contribution in [2.75, 3.05) is 31.1 Å². The summed E-state index contributed by atoms with van der Waals surface area (Å²) in [5.41, 5.74) is 2.95. The van der Waals surface area contributed by atoms with Crippen LogP contribution in [-0.4, -0.2) is 41.3 Å². The van der Waals surface area contributed by atoms with Crippen LogP contribution in [0.15, 0.2) is 78.9 Å². The standard InChI is InChI=1S/C25H24N4O/c30-23-13-7-5-11-21(23)24-26-22-12-6-4-10-20(22)25(27-24)29-16-14-28(15-17-29)18-19-8-2-1-3-9-19/h1-13,30H,14-18H2/p+1. The quantitative estimate of drug-likeness (QED) is 0.556. The van der Waals surface area contributed by atoms with Gasteiger partial charge in [-0.05, 0) is 24.3 Å². The van der Waals surface area contributed by atoms with E-state index in [0.29, 0.717) is 11.4 Å². The van der Waals surface area contributed by atoms with E-state index in [2.05, 4.69) is 41.3 Å². The minimum atomic E-state index is 0.204. The smallest absolute Gasteiger partial charge is 0.165 e. The SMILES string of the molecule is Oc1ccccc1-c1nc(N2CC[NH+](Cc3ccccc3)CC2)c2ccccc2n1. The van der Waals surface area contributed by atoms with E-state index in [1.165, 1.54) is 5.56 Å². The van der Waals surface area contributed by atoms with Gasteiger partial charge in [-0.15, -0.1) is 0 Å². The third kappa shape index (κ3) is 3.72. The normalized spacial score (nSPS) is 14.9. The summed E-state index contributed by atoms with van der Waals surface area (Å²) < 4.78 is 0. The molecule has 5 rings (SSSR count). The van der Waals surface area contributed by atoms with E-state index >= 15 is 0 Å². The molecule has 0 saturated carbocycles. The maximum atomic E-state index is 10.3. The first kappa shape index (κ1) is 18.6. The maximum absolute atomic E-state index is 10.3. The topological polar surface area (TPSA) is 53.7 Å². The van der Waals surface area contributed by atoms with Gasteiger partial charge in [-0.1, -0.05) is 54.6 Å². The van der Waals surface area contributed by atoms with Gasteiger partial charge in [0.2, 0.25) is 0 Å². The molecule has 0 radical (unpaired) electrons. The highest BCUT2D eigenvalue weighted by molar-refractivity contribution is 5.91. The second-order valence-electron chi connectivity index (χ2n) is 7.80. The summed E-state index contributed by atoms with van der Waals surface area (Å²) in [6.45, 7) is 5.09. The zero-order chi connectivity index (χ0) is 20.3. The molecule has 1 aliphatic heterocycles. The summed E-state index contributed by atoms with van der Waals surface area (Å²) in [6.07, 6.45) is 0. The van der Waals surface area contributed by atoms with Gasteiger partial charge in [0, 0.05) is 10.9 Å². The van der Waals surface area contributed by atoms with Crippen molar-refractivity contribution in [3.8, 4) is 17.1 Å². The summed E-state index contributed by atoms with van der Waals surface area (Å²) in [6, 6.07) is 26.1. The highest BCUT2D eigenvalue weighted by Crippen LogP contribution is 2.31. The van der Waals surface area contributed by atoms with E-state index in [-0.39, 0.29) is 5.75 Å². The van der Waals surface area contributed by atoms with Crippen LogP contribution >= 0.6 is 0 Å². The molecule has 1 aromatic heterocycles. The predicted octanol–water partition coefficient (Wildman–Crippen LogP) is 2.91. The van der Waals surface area contributed by atoms with Gasteiger partial charge in [-0.2, -0.15) is 0 Å². The van der Waals surface area contributed by atoms with Gasteiger partial charge in [-0.3, -0.25) is 0 Å². The molecule has 4 aromatic rings. The summed E-state index contributed by atoms with van der Waals surface area (Å²) in [4.78, 5) is 13.6. The van der Waals surface area contributed by atoms with Crippen LogP contribution in [0.5, 0.6) is 5.75 Å². The number of benzene rings is 3. The Morgan fingerprint density at radius 1 is 0.800 bits per heavy atom. The Balaban J connectivity index is 1.43. The number of phenols is 1. The maximum Gasteiger partial charge on any atom is 0.165 e. The minimum absolute atomic E-state index is 0.204. The van der Waals surface area contributed by atoms with Gasteiger partial charge in [0.05, 0.1) is 37.3 Å². The minimum Gasteiger partial charge on any atom is -0.507 e. The zero-order valence-electron chi connectivity index (χ0n) is 16.8. The number of nitrogens with one attached hydrogen (secondary N) is 1. The highest BCUT2D eigenvalue weighted by Gasteiger charge is 2.24. The lowest BCUT2D eigenvalue weighted by molar-refractivity contribution is -0.914. The monoisotopic (exact) mass is 397 g/mol. The van der Waals surface area contributed by atoms with E-state index in [9.17, 15) is 5.11 Å². The number of phenolic OH excluding ortho intramolecular Hbond substituents is 1. The van der Waals surface area contributed by atoms with Crippen LogP contribution in [0.2, 0.25) is 0 Å². The average molecular weight is 398 g/mol. The molecule has 0 atom stereocenters. The molecule has 5 heteroatoms. The second-order valence-corrected chi connectivity index (χ2v) is 7.80. The van der Waals surface area contributed by atoms with Crippen LogP contribution in [0.3, 0.4) is 0 Å². The van der Waals surface area contributed by atoms with Gasteiger partial charge in [0.25, 0.3) is 0 Å². The van der Waals surface area contributed by atoms with E-state index in [0.717, 1.165) is 49.4 Å². The molecule has 0 bridgehead atoms. The average Bonchev–Trinajstić information content (AvgIpc) is 2.80. The Morgan fingerprint density at radius 3 is 2.30 bits per heavy atom. The van der Waals surface area contributed by atoms with Crippen LogP contribution in [0, 0.1) is 0 Å². The summed E-state index contributed by atoms with van der Waals surface area (Å²) in [7, 11) is 0. The molecule has 0 unspecified atom stereocenters. The lowest BCUT2D eigenvalue weighted by atomic mass is 10.1. The van der Waals surface area contributed by atoms with Crippen molar-refractivity contribution in [3.05, 3.63) is 84.4 Å². The molecule has 1 fully saturated rings. The molecule has 0 amide bonds. The largest absolute Gasteiger partial charge is 0.507 e. The summed E-state index contributed by atoms with van der Waals surface area (Å²) >= 11 is 0. The number of aromatic nitrogens is 2. The second kappa shape index (κ2) is 8.13. The third-order valence-corrected chi connectivity index (χ3v) is 5.80. The first-order chi connectivity index (χ1) is 14.8. The van der Waals surface area contributed by atoms with Gasteiger partial charge in [0.15, 0.2) is 5.82 Å². The van der Waals surface area contributed by atoms with E-state index < -0.39 is 0 Å². The van der Waals surface area contributed by atoms with E-state index in [1.807, 2.05) is 36.4 Å². The highest BCUT2D eigenvalue weighted by atomic mass is 16.3. The Kier molecular flexibility index (Phi) is 5.03. The molecule has 0 spiro atoms. The van der Waals surface area contributed by atoms with Crippen LogP contribution in [0.1, 0.15) is 5.56 Å². The van der Waals surface area contributed by atoms with E-state index in [4.69, 9.17) is 9.97 Å². The molecule has 0 aliphatic carbocycles. The number of aromatic hydroxyl groups is 1. The Bertz CT molecular complexity index is 1150. The number of anilines is 1. The van der Waals surface area contributed by atoms with Crippen molar-refractivity contribution in [1.82, 2.24) is 9.97 Å². The summed E-state index contributed by atoms with van der Waals surface area (Å²) in [5, 5.41) is 11.4. The molecular formula is C25H25N4O+. The van der Waals surface area contributed by atoms with Crippen molar-refractivity contribution in [3.63, 3.8) is 0 Å². The molecule has 2 N–H and O–H groups in total. The van der Waals surface area contributed by atoms with Crippen molar-refractivity contribution in [2.24, 2.45) is 0 Å². The van der Waals surface area contributed by atoms with Gasteiger partial charge < -0.3 is 14.9 Å². The molecule has 1 aliphatic rings. The molecule has 2 heterocycles. The first-order valence-corrected chi connectivity index (χ1v) is 10.5. The fourth-order valence-corrected chi connectivity index (χ4v) is 4.18. The van der Waals surface area contributed by atoms with Crippen molar-refractivity contribution >= 4 is 16.7 Å². The number of hydrogen-bond acceptors (Lipinski definition) is 4. The zero-order valence-corrected chi connectivity index (χ0v) is 16.8. The molecule has 1 saturated heterocycles. The van der Waals surface area contributed by atoms with Gasteiger partial charge in [-0.25, -0.2) is 9.97 Å². The van der Waals surface area contributed by atoms with Gasteiger partial charge >= 0.3 is 0 Å². The number of quaternary nitrogens is 1. The van der Waals surface area contributed by atoms with Crippen LogP contribution in [-0.2, 0) is 6.54 Å². The fraction of sp³-hybridized carbons (Fsp3) is 0.200. The molecular weight excluding hydrogens is 372 g/mol. The number of fused-ring (bicyclic) bond motifs is 1. The first-order valence-electron chi connectivity index (χ1n) is 10.5. The number of piperazine rings is 1. The number of hydrogen-bond donors (Lipinski definition) is 2. The van der Waals surface area contributed by atoms with Crippen molar-refractivity contribution < 1.29 is 10.0 Å². The molecule has 5 nitrogen and oxygen atoms in total. The van der Waals surface area contributed by atoms with Crippen molar-refractivity contribution in [1.29, 1.82) is 0 Å². The number of nitrogens with zero attached hydrogens (tertiary/aromatic N) is 3. The molecule has 3 aromatic carbocycles. The fourth-order valence-electron chi connectivity index (χ4n) is 4.18. The summed E-state index contributed by atoms with van der Waals surface area (Å²) in [5.74, 6) is 1.73. The van der Waals surface area contributed by atoms with Gasteiger partial charge in [0.1, 0.15) is 18.1 Å². The lowest BCUT2D eigenvalue weighted by Crippen LogP contribution is -3.13. The number of para-hydroxylation sites is 2. The Morgan fingerprint density at radius 2 is 1.50 bits per heavy atom. The lowest BCUT2D eigenvalue weighted by Gasteiger charge is -2.33.